The van der Waals surface area contributed by atoms with Crippen LogP contribution in [0.4, 0.5) is 0 Å². The van der Waals surface area contributed by atoms with E-state index in [2.05, 4.69) is 15.9 Å². The summed E-state index contributed by atoms with van der Waals surface area (Å²) in [5, 5.41) is 14.8. The van der Waals surface area contributed by atoms with Gasteiger partial charge in [-0.15, -0.1) is 0 Å². The van der Waals surface area contributed by atoms with E-state index < -0.39 is 5.09 Å². The van der Waals surface area contributed by atoms with Crippen LogP contribution >= 0.6 is 0 Å². The molecular weight excluding hydrogens is 577 g/mol. The van der Waals surface area contributed by atoms with Crippen molar-refractivity contribution >= 4 is 0 Å². The minimum Gasteiger partial charge on any atom is 0 e. The first-order valence-corrected chi connectivity index (χ1v) is 2.56. The molecule has 0 aliphatic rings. The summed E-state index contributed by atoms with van der Waals surface area (Å²) < 4.78 is 16.2. The van der Waals surface area contributed by atoms with Gasteiger partial charge in [-0.1, -0.05) is 0 Å². The quantitative estimate of drug-likeness (QED) is 0.151. The molecule has 0 aromatic rings. The average molecular weight is 589 g/mol. The molecule has 0 aromatic heterocycles. The molecule has 0 amide bonds. The van der Waals surface area contributed by atoms with Crippen molar-refractivity contribution in [3.63, 3.8) is 0 Å². The number of hydrogen-bond donors (Lipinski definition) is 0. The molecule has 0 rings (SSSR count). The molecule has 0 saturated carbocycles. The van der Waals surface area contributed by atoms with Gasteiger partial charge in [0.25, 0.3) is 0 Å². The maximum atomic E-state index is 8.38. The summed E-state index contributed by atoms with van der Waals surface area (Å²) in [6, 6.07) is 0. The zero-order chi connectivity index (χ0) is 7.58. The SMILES string of the molecule is O.O.O.O.O.O.O=[N+]([O-])[O-].[Cu].[Cu].[O]=[Cu].[O]=[Zn].[Zn+2].[Zn]. The maximum absolute atomic E-state index is 8.38. The second-order valence-corrected chi connectivity index (χ2v) is 0.224. The van der Waals surface area contributed by atoms with Gasteiger partial charge < -0.3 is 48.2 Å². The van der Waals surface area contributed by atoms with Crippen molar-refractivity contribution in [1.29, 1.82) is 0 Å². The van der Waals surface area contributed by atoms with Crippen LogP contribution in [0.1, 0.15) is 0 Å². The summed E-state index contributed by atoms with van der Waals surface area (Å²) in [7, 11) is 0. The fraction of sp³-hybridized carbons (Fsp3) is 0. The van der Waals surface area contributed by atoms with Crippen molar-refractivity contribution < 1.29 is 153 Å². The molecule has 12 nitrogen and oxygen atoms in total. The fourth-order valence-electron chi connectivity index (χ4n) is 0. The Morgan fingerprint density at radius 1 is 0.778 bits per heavy atom. The van der Waals surface area contributed by atoms with Crippen LogP contribution in [0.15, 0.2) is 0 Å². The van der Waals surface area contributed by atoms with Gasteiger partial charge in [-0.2, -0.15) is 0 Å². The minimum atomic E-state index is -1.75. The molecule has 0 atom stereocenters. The third-order valence-electron chi connectivity index (χ3n) is 0. The van der Waals surface area contributed by atoms with E-state index in [1.807, 2.05) is 0 Å². The van der Waals surface area contributed by atoms with Crippen molar-refractivity contribution in [1.82, 2.24) is 0 Å². The van der Waals surface area contributed by atoms with Gasteiger partial charge >= 0.3 is 61.1 Å². The standard InChI is InChI=1S/3Cu.NO3.6H2O.2O.3Zn/c;;;2-1(3)4;;;;;;;;;;;/h;;;;6*1H2;;;;;/q;;;-1;;;;;;;;;;;+2. The maximum Gasteiger partial charge on any atom is 2.00 e. The third kappa shape index (κ3) is 1310. The summed E-state index contributed by atoms with van der Waals surface area (Å²) >= 11 is 3.06. The molecule has 0 spiro atoms. The van der Waals surface area contributed by atoms with Gasteiger partial charge in [0.15, 0.2) is 0 Å². The number of rotatable bonds is 0. The fourth-order valence-corrected chi connectivity index (χ4v) is 0. The Morgan fingerprint density at radius 2 is 0.778 bits per heavy atom. The molecular formula is H12Cu3NO11Zn3+. The van der Waals surface area contributed by atoms with E-state index in [0.29, 0.717) is 0 Å². The number of hydrogen-bond acceptors (Lipinski definition) is 5. The van der Waals surface area contributed by atoms with E-state index in [9.17, 15) is 0 Å². The van der Waals surface area contributed by atoms with Crippen molar-refractivity contribution in [2.45, 2.75) is 0 Å². The molecule has 12 N–H and O–H groups in total. The second-order valence-electron chi connectivity index (χ2n) is 0.224. The van der Waals surface area contributed by atoms with E-state index in [-0.39, 0.29) is 124 Å². The molecule has 0 aliphatic heterocycles. The van der Waals surface area contributed by atoms with E-state index in [1.165, 1.54) is 0 Å². The van der Waals surface area contributed by atoms with Gasteiger partial charge in [-0.3, -0.25) is 0 Å². The Morgan fingerprint density at radius 3 is 0.778 bits per heavy atom. The van der Waals surface area contributed by atoms with Crippen LogP contribution in [0.3, 0.4) is 0 Å². The molecule has 121 valence electrons. The Balaban J connectivity index is -0.00000000154. The first-order valence-electron chi connectivity index (χ1n) is 0.959. The van der Waals surface area contributed by atoms with Gasteiger partial charge in [0.1, 0.15) is 0 Å². The normalized spacial score (nSPS) is 2.00. The number of nitrogens with zero attached hydrogens (tertiary/aromatic N) is 1. The third-order valence-corrected chi connectivity index (χ3v) is 0. The van der Waals surface area contributed by atoms with Gasteiger partial charge in [0.2, 0.25) is 0 Å². The minimum absolute atomic E-state index is 0. The Labute approximate surface area is 166 Å². The molecule has 0 unspecified atom stereocenters. The van der Waals surface area contributed by atoms with Gasteiger partial charge in [0.05, 0.1) is 5.09 Å². The zero-order valence-corrected chi connectivity index (χ0v) is 20.2. The van der Waals surface area contributed by atoms with Crippen LogP contribution < -0.4 is 0 Å². The van der Waals surface area contributed by atoms with Crippen LogP contribution in [0.25, 0.3) is 0 Å². The Kier molecular flexibility index (Phi) is 2020. The molecule has 2 radical (unpaired) electrons. The van der Waals surface area contributed by atoms with Gasteiger partial charge in [-0.05, 0) is 0 Å². The van der Waals surface area contributed by atoms with Crippen LogP contribution in [-0.2, 0) is 115 Å². The summed E-state index contributed by atoms with van der Waals surface area (Å²) in [4.78, 5) is 8.25. The van der Waals surface area contributed by atoms with Gasteiger partial charge in [0, 0.05) is 53.6 Å². The molecule has 18 heavy (non-hydrogen) atoms. The van der Waals surface area contributed by atoms with Crippen LogP contribution in [0.5, 0.6) is 0 Å². The molecule has 0 bridgehead atoms. The first kappa shape index (κ1) is 148. The van der Waals surface area contributed by atoms with Crippen molar-refractivity contribution in [3.8, 4) is 0 Å². The van der Waals surface area contributed by atoms with E-state index in [1.54, 1.807) is 0 Å². The second kappa shape index (κ2) is 247. The first-order chi connectivity index (χ1) is 3.73. The van der Waals surface area contributed by atoms with E-state index >= 15 is 0 Å². The molecule has 0 fully saturated rings. The van der Waals surface area contributed by atoms with Crippen LogP contribution in [-0.4, -0.2) is 37.9 Å². The van der Waals surface area contributed by atoms with E-state index in [4.69, 9.17) is 22.7 Å². The van der Waals surface area contributed by atoms with Gasteiger partial charge in [-0.25, -0.2) is 0 Å². The average Bonchev–Trinajstić information content (AvgIpc) is 1.75. The Bertz CT molecular complexity index is 65.5. The molecule has 0 heterocycles. The smallest absolute Gasteiger partial charge is 0 e. The predicted octanol–water partition coefficient (Wildman–Crippen LogP) is -5.44. The van der Waals surface area contributed by atoms with Crippen molar-refractivity contribution in [2.24, 2.45) is 0 Å². The monoisotopic (exact) mass is 583 g/mol. The topological polar surface area (TPSA) is 289 Å². The van der Waals surface area contributed by atoms with Crippen molar-refractivity contribution in [2.75, 3.05) is 0 Å². The summed E-state index contributed by atoms with van der Waals surface area (Å²) in [5.41, 5.74) is 0. The molecule has 0 aromatic carbocycles. The van der Waals surface area contributed by atoms with Crippen molar-refractivity contribution in [3.05, 3.63) is 15.3 Å². The zero-order valence-electron chi connectivity index (χ0n) is 8.51. The van der Waals surface area contributed by atoms with Crippen LogP contribution in [0, 0.1) is 15.3 Å². The largest absolute Gasteiger partial charge is 2.00 e. The van der Waals surface area contributed by atoms with E-state index in [0.717, 1.165) is 0 Å². The molecule has 0 saturated heterocycles. The van der Waals surface area contributed by atoms with Crippen LogP contribution in [0.2, 0.25) is 0 Å². The Hall–Kier alpha value is 1.99. The summed E-state index contributed by atoms with van der Waals surface area (Å²) in [6.45, 7) is 0. The predicted molar refractivity (Wildman–Crippen MR) is 33.4 cm³/mol. The molecule has 18 heteroatoms. The molecule has 0 aliphatic carbocycles. The summed E-state index contributed by atoms with van der Waals surface area (Å²) in [6.07, 6.45) is 0. The summed E-state index contributed by atoms with van der Waals surface area (Å²) in [5.74, 6) is 0.